The van der Waals surface area contributed by atoms with Crippen LogP contribution in [0.1, 0.15) is 16.1 Å². The number of alkyl halides is 1. The predicted octanol–water partition coefficient (Wildman–Crippen LogP) is 3.03. The molecule has 14 heavy (non-hydrogen) atoms. The van der Waals surface area contributed by atoms with Crippen molar-refractivity contribution in [1.82, 2.24) is 0 Å². The molecular formula is C10H7BrO3. The lowest BCUT2D eigenvalue weighted by atomic mass is 10.1. The highest BCUT2D eigenvalue weighted by Gasteiger charge is 2.11. The molecule has 4 heteroatoms. The van der Waals surface area contributed by atoms with Crippen LogP contribution in [0.15, 0.2) is 28.7 Å². The van der Waals surface area contributed by atoms with E-state index in [1.165, 1.54) is 0 Å². The second kappa shape index (κ2) is 3.46. The highest BCUT2D eigenvalue weighted by atomic mass is 79.9. The van der Waals surface area contributed by atoms with E-state index in [2.05, 4.69) is 15.9 Å². The third kappa shape index (κ3) is 1.42. The van der Waals surface area contributed by atoms with E-state index >= 15 is 0 Å². The van der Waals surface area contributed by atoms with E-state index in [1.807, 2.05) is 12.1 Å². The van der Waals surface area contributed by atoms with Crippen LogP contribution in [0.2, 0.25) is 0 Å². The van der Waals surface area contributed by atoms with Gasteiger partial charge in [0.05, 0.1) is 0 Å². The van der Waals surface area contributed by atoms with Crippen LogP contribution in [-0.2, 0) is 5.33 Å². The molecule has 0 aliphatic rings. The number of fused-ring (bicyclic) bond motifs is 1. The second-order valence-electron chi connectivity index (χ2n) is 2.88. The van der Waals surface area contributed by atoms with Crippen molar-refractivity contribution in [3.8, 4) is 0 Å². The Bertz CT molecular complexity index is 487. The maximum atomic E-state index is 10.7. The van der Waals surface area contributed by atoms with Crippen LogP contribution in [-0.4, -0.2) is 11.1 Å². The van der Waals surface area contributed by atoms with Crippen LogP contribution < -0.4 is 0 Å². The minimum Gasteiger partial charge on any atom is -0.475 e. The van der Waals surface area contributed by atoms with E-state index in [1.54, 1.807) is 12.1 Å². The average Bonchev–Trinajstić information content (AvgIpc) is 2.60. The van der Waals surface area contributed by atoms with Crippen LogP contribution in [0, 0.1) is 0 Å². The maximum absolute atomic E-state index is 10.7. The largest absolute Gasteiger partial charge is 0.475 e. The molecule has 0 unspecified atom stereocenters. The molecule has 1 aromatic carbocycles. The summed E-state index contributed by atoms with van der Waals surface area (Å²) in [5, 5.41) is 10.3. The number of furan rings is 1. The van der Waals surface area contributed by atoms with Crippen LogP contribution in [0.25, 0.3) is 11.0 Å². The Morgan fingerprint density at radius 2 is 2.29 bits per heavy atom. The third-order valence-electron chi connectivity index (χ3n) is 2.01. The summed E-state index contributed by atoms with van der Waals surface area (Å²) >= 11 is 3.34. The van der Waals surface area contributed by atoms with Gasteiger partial charge in [-0.05, 0) is 17.7 Å². The minimum atomic E-state index is -1.04. The summed E-state index contributed by atoms with van der Waals surface area (Å²) in [5.41, 5.74) is 1.64. The van der Waals surface area contributed by atoms with Crippen LogP contribution in [0.3, 0.4) is 0 Å². The topological polar surface area (TPSA) is 50.4 Å². The Morgan fingerprint density at radius 3 is 2.93 bits per heavy atom. The summed E-state index contributed by atoms with van der Waals surface area (Å²) in [4.78, 5) is 10.7. The zero-order chi connectivity index (χ0) is 10.1. The molecular weight excluding hydrogens is 248 g/mol. The summed E-state index contributed by atoms with van der Waals surface area (Å²) in [6.07, 6.45) is 0. The van der Waals surface area contributed by atoms with Crippen LogP contribution in [0.4, 0.5) is 0 Å². The van der Waals surface area contributed by atoms with Gasteiger partial charge in [0.15, 0.2) is 0 Å². The van der Waals surface area contributed by atoms with E-state index in [0.717, 1.165) is 10.9 Å². The molecule has 0 radical (unpaired) electrons. The van der Waals surface area contributed by atoms with Gasteiger partial charge in [-0.2, -0.15) is 0 Å². The molecule has 1 aromatic heterocycles. The maximum Gasteiger partial charge on any atom is 0.371 e. The van der Waals surface area contributed by atoms with Crippen molar-refractivity contribution in [2.75, 3.05) is 0 Å². The Hall–Kier alpha value is -1.29. The molecule has 0 bridgehead atoms. The summed E-state index contributed by atoms with van der Waals surface area (Å²) in [6, 6.07) is 7.08. The molecule has 72 valence electrons. The monoisotopic (exact) mass is 254 g/mol. The molecule has 0 aliphatic heterocycles. The number of hydrogen-bond donors (Lipinski definition) is 1. The van der Waals surface area contributed by atoms with Gasteiger partial charge in [0.1, 0.15) is 5.58 Å². The lowest BCUT2D eigenvalue weighted by Gasteiger charge is -1.94. The lowest BCUT2D eigenvalue weighted by molar-refractivity contribution is 0.0665. The smallest absolute Gasteiger partial charge is 0.371 e. The molecule has 3 nitrogen and oxygen atoms in total. The number of carbonyl (C=O) groups is 1. The number of hydrogen-bond acceptors (Lipinski definition) is 2. The Labute approximate surface area is 88.5 Å². The van der Waals surface area contributed by atoms with E-state index in [0.29, 0.717) is 10.9 Å². The van der Waals surface area contributed by atoms with E-state index in [-0.39, 0.29) is 5.76 Å². The van der Waals surface area contributed by atoms with Gasteiger partial charge in [-0.15, -0.1) is 0 Å². The molecule has 0 spiro atoms. The van der Waals surface area contributed by atoms with Crippen LogP contribution >= 0.6 is 15.9 Å². The Morgan fingerprint density at radius 1 is 1.50 bits per heavy atom. The van der Waals surface area contributed by atoms with Gasteiger partial charge >= 0.3 is 5.97 Å². The number of halogens is 1. The van der Waals surface area contributed by atoms with E-state index < -0.39 is 5.97 Å². The van der Waals surface area contributed by atoms with E-state index in [9.17, 15) is 4.79 Å². The van der Waals surface area contributed by atoms with Gasteiger partial charge in [-0.3, -0.25) is 0 Å². The third-order valence-corrected chi connectivity index (χ3v) is 2.61. The molecule has 1 N–H and O–H groups in total. The van der Waals surface area contributed by atoms with Crippen molar-refractivity contribution < 1.29 is 14.3 Å². The first-order valence-corrected chi connectivity index (χ1v) is 5.15. The summed E-state index contributed by atoms with van der Waals surface area (Å²) in [7, 11) is 0. The number of rotatable bonds is 2. The fourth-order valence-corrected chi connectivity index (χ4v) is 1.83. The Balaban J connectivity index is 2.70. The van der Waals surface area contributed by atoms with Crippen molar-refractivity contribution in [3.05, 3.63) is 35.6 Å². The quantitative estimate of drug-likeness (QED) is 0.839. The molecule has 0 saturated carbocycles. The van der Waals surface area contributed by atoms with Crippen molar-refractivity contribution in [2.45, 2.75) is 5.33 Å². The highest BCUT2D eigenvalue weighted by Crippen LogP contribution is 2.24. The molecule has 0 fully saturated rings. The van der Waals surface area contributed by atoms with Gasteiger partial charge < -0.3 is 9.52 Å². The van der Waals surface area contributed by atoms with Crippen molar-refractivity contribution in [3.63, 3.8) is 0 Å². The van der Waals surface area contributed by atoms with Gasteiger partial charge in [-0.1, -0.05) is 28.1 Å². The average molecular weight is 255 g/mol. The molecule has 2 aromatic rings. The van der Waals surface area contributed by atoms with Crippen molar-refractivity contribution in [2.24, 2.45) is 0 Å². The number of benzene rings is 1. The fraction of sp³-hybridized carbons (Fsp3) is 0.100. The molecule has 0 amide bonds. The molecule has 0 saturated heterocycles. The predicted molar refractivity (Wildman–Crippen MR) is 55.8 cm³/mol. The summed E-state index contributed by atoms with van der Waals surface area (Å²) < 4.78 is 5.15. The summed E-state index contributed by atoms with van der Waals surface area (Å²) in [6.45, 7) is 0. The van der Waals surface area contributed by atoms with Crippen molar-refractivity contribution >= 4 is 32.9 Å². The van der Waals surface area contributed by atoms with Gasteiger partial charge in [-0.25, -0.2) is 4.79 Å². The van der Waals surface area contributed by atoms with Gasteiger partial charge in [0.2, 0.25) is 5.76 Å². The molecule has 0 atom stereocenters. The minimum absolute atomic E-state index is 0.0200. The molecule has 0 aliphatic carbocycles. The lowest BCUT2D eigenvalue weighted by Crippen LogP contribution is -1.91. The molecule has 1 heterocycles. The number of carboxylic acid groups (broad SMARTS) is 1. The first-order valence-electron chi connectivity index (χ1n) is 4.03. The zero-order valence-electron chi connectivity index (χ0n) is 7.16. The highest BCUT2D eigenvalue weighted by molar-refractivity contribution is 9.08. The standard InChI is InChI=1S/C10H7BrO3/c11-5-6-2-1-3-8-7(6)4-9(14-8)10(12)13/h1-4H,5H2,(H,12,13). The molecule has 2 rings (SSSR count). The van der Waals surface area contributed by atoms with Gasteiger partial charge in [0, 0.05) is 10.7 Å². The van der Waals surface area contributed by atoms with Crippen LogP contribution in [0.5, 0.6) is 0 Å². The zero-order valence-corrected chi connectivity index (χ0v) is 8.74. The summed E-state index contributed by atoms with van der Waals surface area (Å²) in [5.74, 6) is -1.06. The van der Waals surface area contributed by atoms with Crippen molar-refractivity contribution in [1.29, 1.82) is 0 Å². The van der Waals surface area contributed by atoms with Gasteiger partial charge in [0.25, 0.3) is 0 Å². The first-order chi connectivity index (χ1) is 6.72. The number of carboxylic acids is 1. The number of aromatic carboxylic acids is 1. The fourth-order valence-electron chi connectivity index (χ4n) is 1.34. The van der Waals surface area contributed by atoms with E-state index in [4.69, 9.17) is 9.52 Å². The second-order valence-corrected chi connectivity index (χ2v) is 3.44. The Kier molecular flexibility index (Phi) is 2.29. The first kappa shape index (κ1) is 9.27. The SMILES string of the molecule is O=C(O)c1cc2c(CBr)cccc2o1. The normalized spacial score (nSPS) is 10.6.